The first kappa shape index (κ1) is 20.0. The van der Waals surface area contributed by atoms with Crippen LogP contribution < -0.4 is 10.9 Å². The van der Waals surface area contributed by atoms with E-state index < -0.39 is 5.82 Å². The fourth-order valence-electron chi connectivity index (χ4n) is 3.43. The standard InChI is InChI=1S/C22H26FN3O2/c1-2-19-14-21(28)26(22(25-19)17-9-6-10-18(23)13-17)15-20(27)24-12-11-16-7-4-3-5-8-16/h6-7,9-10,13-14H,2-5,8,11-12,15H2,1H3,(H,24,27). The first-order chi connectivity index (χ1) is 13.6. The first-order valence-corrected chi connectivity index (χ1v) is 9.88. The smallest absolute Gasteiger partial charge is 0.254 e. The molecule has 148 valence electrons. The van der Waals surface area contributed by atoms with Gasteiger partial charge in [-0.1, -0.05) is 30.7 Å². The van der Waals surface area contributed by atoms with E-state index in [0.29, 0.717) is 30.0 Å². The van der Waals surface area contributed by atoms with E-state index in [4.69, 9.17) is 0 Å². The summed E-state index contributed by atoms with van der Waals surface area (Å²) in [5.41, 5.74) is 2.17. The SMILES string of the molecule is CCc1cc(=O)n(CC(=O)NCCC2=CCCCC2)c(-c2cccc(F)c2)n1. The second kappa shape index (κ2) is 9.44. The van der Waals surface area contributed by atoms with Crippen LogP contribution in [-0.2, 0) is 17.8 Å². The van der Waals surface area contributed by atoms with Crippen molar-refractivity contribution in [2.24, 2.45) is 0 Å². The fraction of sp³-hybridized carbons (Fsp3) is 0.409. The number of rotatable bonds is 7. The maximum atomic E-state index is 13.7. The summed E-state index contributed by atoms with van der Waals surface area (Å²) in [4.78, 5) is 29.5. The summed E-state index contributed by atoms with van der Waals surface area (Å²) in [5, 5.41) is 2.88. The molecule has 1 aromatic heterocycles. The molecule has 2 aromatic rings. The van der Waals surface area contributed by atoms with Crippen LogP contribution in [0.4, 0.5) is 4.39 Å². The highest BCUT2D eigenvalue weighted by atomic mass is 19.1. The minimum atomic E-state index is -0.412. The number of allylic oxidation sites excluding steroid dienone is 1. The molecule has 1 aliphatic rings. The molecule has 1 aromatic carbocycles. The number of nitrogens with zero attached hydrogens (tertiary/aromatic N) is 2. The third-order valence-electron chi connectivity index (χ3n) is 4.96. The number of hydrogen-bond donors (Lipinski definition) is 1. The summed E-state index contributed by atoms with van der Waals surface area (Å²) < 4.78 is 15.0. The van der Waals surface area contributed by atoms with Crippen molar-refractivity contribution in [3.63, 3.8) is 0 Å². The molecule has 0 saturated heterocycles. The Balaban J connectivity index is 1.76. The van der Waals surface area contributed by atoms with Gasteiger partial charge in [-0.2, -0.15) is 0 Å². The van der Waals surface area contributed by atoms with Crippen LogP contribution in [0.25, 0.3) is 11.4 Å². The van der Waals surface area contributed by atoms with Crippen molar-refractivity contribution in [3.8, 4) is 11.4 Å². The number of benzene rings is 1. The van der Waals surface area contributed by atoms with Gasteiger partial charge in [0.25, 0.3) is 5.56 Å². The van der Waals surface area contributed by atoms with Crippen molar-refractivity contribution in [2.45, 2.75) is 52.0 Å². The van der Waals surface area contributed by atoms with Crippen LogP contribution in [0, 0.1) is 5.82 Å². The minimum Gasteiger partial charge on any atom is -0.354 e. The summed E-state index contributed by atoms with van der Waals surface area (Å²) >= 11 is 0. The number of amides is 1. The van der Waals surface area contributed by atoms with Gasteiger partial charge >= 0.3 is 0 Å². The van der Waals surface area contributed by atoms with Crippen molar-refractivity contribution in [2.75, 3.05) is 6.54 Å². The van der Waals surface area contributed by atoms with E-state index in [9.17, 15) is 14.0 Å². The van der Waals surface area contributed by atoms with Gasteiger partial charge < -0.3 is 5.32 Å². The lowest BCUT2D eigenvalue weighted by molar-refractivity contribution is -0.121. The Kier molecular flexibility index (Phi) is 6.74. The monoisotopic (exact) mass is 383 g/mol. The Labute approximate surface area is 164 Å². The van der Waals surface area contributed by atoms with Crippen molar-refractivity contribution >= 4 is 5.91 Å². The molecule has 1 N–H and O–H groups in total. The molecule has 1 heterocycles. The summed E-state index contributed by atoms with van der Waals surface area (Å²) in [6.07, 6.45) is 8.34. The molecule has 0 aliphatic heterocycles. The van der Waals surface area contributed by atoms with Crippen LogP contribution in [0.2, 0.25) is 0 Å². The summed E-state index contributed by atoms with van der Waals surface area (Å²) in [6, 6.07) is 7.35. The molecule has 3 rings (SSSR count). The molecule has 0 bridgehead atoms. The Bertz CT molecular complexity index is 934. The number of carbonyl (C=O) groups excluding carboxylic acids is 1. The average Bonchev–Trinajstić information content (AvgIpc) is 2.70. The highest BCUT2D eigenvalue weighted by molar-refractivity contribution is 5.76. The highest BCUT2D eigenvalue weighted by Crippen LogP contribution is 2.20. The van der Waals surface area contributed by atoms with E-state index in [1.165, 1.54) is 41.2 Å². The van der Waals surface area contributed by atoms with Gasteiger partial charge in [-0.05, 0) is 50.7 Å². The molecule has 0 fully saturated rings. The van der Waals surface area contributed by atoms with Crippen molar-refractivity contribution in [1.82, 2.24) is 14.9 Å². The topological polar surface area (TPSA) is 64.0 Å². The lowest BCUT2D eigenvalue weighted by atomic mass is 9.97. The molecule has 0 unspecified atom stereocenters. The second-order valence-electron chi connectivity index (χ2n) is 7.07. The number of halogens is 1. The zero-order chi connectivity index (χ0) is 19.9. The van der Waals surface area contributed by atoms with Crippen molar-refractivity contribution in [1.29, 1.82) is 0 Å². The van der Waals surface area contributed by atoms with Gasteiger partial charge in [-0.15, -0.1) is 0 Å². The van der Waals surface area contributed by atoms with Crippen molar-refractivity contribution < 1.29 is 9.18 Å². The number of nitrogens with one attached hydrogen (secondary N) is 1. The van der Waals surface area contributed by atoms with Gasteiger partial charge in [-0.3, -0.25) is 14.2 Å². The Morgan fingerprint density at radius 3 is 2.86 bits per heavy atom. The third-order valence-corrected chi connectivity index (χ3v) is 4.96. The molecule has 1 aliphatic carbocycles. The van der Waals surface area contributed by atoms with Crippen LogP contribution in [0.15, 0.2) is 46.8 Å². The quantitative estimate of drug-likeness (QED) is 0.743. The van der Waals surface area contributed by atoms with E-state index in [1.54, 1.807) is 12.1 Å². The summed E-state index contributed by atoms with van der Waals surface area (Å²) in [5.74, 6) is -0.346. The maximum Gasteiger partial charge on any atom is 0.254 e. The van der Waals surface area contributed by atoms with E-state index >= 15 is 0 Å². The average molecular weight is 383 g/mol. The number of carbonyl (C=O) groups is 1. The maximum absolute atomic E-state index is 13.7. The molecular formula is C22H26FN3O2. The third kappa shape index (κ3) is 5.15. The van der Waals surface area contributed by atoms with Gasteiger partial charge in [0.15, 0.2) is 0 Å². The van der Waals surface area contributed by atoms with Gasteiger partial charge in [0.1, 0.15) is 18.2 Å². The normalized spacial score (nSPS) is 13.9. The lowest BCUT2D eigenvalue weighted by Gasteiger charge is -2.15. The van der Waals surface area contributed by atoms with Gasteiger partial charge in [0.2, 0.25) is 5.91 Å². The Morgan fingerprint density at radius 2 is 2.14 bits per heavy atom. The molecule has 0 spiro atoms. The summed E-state index contributed by atoms with van der Waals surface area (Å²) in [7, 11) is 0. The predicted octanol–water partition coefficient (Wildman–Crippen LogP) is 3.62. The zero-order valence-corrected chi connectivity index (χ0v) is 16.2. The van der Waals surface area contributed by atoms with Crippen molar-refractivity contribution in [3.05, 3.63) is 63.8 Å². The van der Waals surface area contributed by atoms with E-state index in [2.05, 4.69) is 16.4 Å². The zero-order valence-electron chi connectivity index (χ0n) is 16.2. The first-order valence-electron chi connectivity index (χ1n) is 9.88. The molecule has 0 atom stereocenters. The van der Waals surface area contributed by atoms with E-state index in [-0.39, 0.29) is 18.0 Å². The molecule has 0 saturated carbocycles. The van der Waals surface area contributed by atoms with Crippen LogP contribution in [-0.4, -0.2) is 22.0 Å². The van der Waals surface area contributed by atoms with E-state index in [1.807, 2.05) is 6.92 Å². The Morgan fingerprint density at radius 1 is 1.29 bits per heavy atom. The largest absolute Gasteiger partial charge is 0.354 e. The molecule has 5 nitrogen and oxygen atoms in total. The number of aryl methyl sites for hydroxylation is 1. The van der Waals surface area contributed by atoms with Gasteiger partial charge in [-0.25, -0.2) is 9.37 Å². The number of hydrogen-bond acceptors (Lipinski definition) is 3. The molecule has 0 radical (unpaired) electrons. The van der Waals surface area contributed by atoms with Crippen LogP contribution in [0.5, 0.6) is 0 Å². The van der Waals surface area contributed by atoms with E-state index in [0.717, 1.165) is 19.3 Å². The molecule has 1 amide bonds. The highest BCUT2D eigenvalue weighted by Gasteiger charge is 2.14. The summed E-state index contributed by atoms with van der Waals surface area (Å²) in [6.45, 7) is 2.31. The van der Waals surface area contributed by atoms with Gasteiger partial charge in [0.05, 0.1) is 0 Å². The van der Waals surface area contributed by atoms with Gasteiger partial charge in [0, 0.05) is 23.9 Å². The van der Waals surface area contributed by atoms with Crippen LogP contribution >= 0.6 is 0 Å². The fourth-order valence-corrected chi connectivity index (χ4v) is 3.43. The van der Waals surface area contributed by atoms with Crippen LogP contribution in [0.3, 0.4) is 0 Å². The molecular weight excluding hydrogens is 357 g/mol. The van der Waals surface area contributed by atoms with Crippen LogP contribution in [0.1, 0.15) is 44.7 Å². The number of aromatic nitrogens is 2. The molecule has 6 heteroatoms. The minimum absolute atomic E-state index is 0.138. The lowest BCUT2D eigenvalue weighted by Crippen LogP contribution is -2.34. The second-order valence-corrected chi connectivity index (χ2v) is 7.07. The molecule has 28 heavy (non-hydrogen) atoms. The predicted molar refractivity (Wildman–Crippen MR) is 107 cm³/mol. The Hall–Kier alpha value is -2.76.